The van der Waals surface area contributed by atoms with Crippen LogP contribution in [0.3, 0.4) is 0 Å². The number of hydrogen-bond donors (Lipinski definition) is 1. The summed E-state index contributed by atoms with van der Waals surface area (Å²) in [5.41, 5.74) is 0.842. The number of pyridine rings is 1. The number of hydrogen-bond acceptors (Lipinski definition) is 4. The van der Waals surface area contributed by atoms with E-state index in [0.717, 1.165) is 11.5 Å². The molecule has 5 nitrogen and oxygen atoms in total. The Morgan fingerprint density at radius 2 is 2.40 bits per heavy atom. The highest BCUT2D eigenvalue weighted by molar-refractivity contribution is 6.33. The molecule has 15 heavy (non-hydrogen) atoms. The van der Waals surface area contributed by atoms with Gasteiger partial charge < -0.3 is 9.88 Å². The SMILES string of the molecule is Cn1cnnc1CNc1ccncc1Cl. The molecular weight excluding hydrogens is 214 g/mol. The molecule has 0 atom stereocenters. The molecule has 0 aliphatic heterocycles. The van der Waals surface area contributed by atoms with Gasteiger partial charge in [-0.3, -0.25) is 4.98 Å². The maximum Gasteiger partial charge on any atom is 0.151 e. The van der Waals surface area contributed by atoms with Gasteiger partial charge in [-0.1, -0.05) is 11.6 Å². The van der Waals surface area contributed by atoms with Crippen molar-refractivity contribution in [1.82, 2.24) is 19.7 Å². The summed E-state index contributed by atoms with van der Waals surface area (Å²) in [5, 5.41) is 11.5. The van der Waals surface area contributed by atoms with E-state index >= 15 is 0 Å². The molecule has 0 aliphatic carbocycles. The van der Waals surface area contributed by atoms with Gasteiger partial charge in [0.1, 0.15) is 6.33 Å². The van der Waals surface area contributed by atoms with Crippen LogP contribution in [0.15, 0.2) is 24.8 Å². The molecule has 6 heteroatoms. The highest BCUT2D eigenvalue weighted by Crippen LogP contribution is 2.19. The largest absolute Gasteiger partial charge is 0.376 e. The Morgan fingerprint density at radius 1 is 1.53 bits per heavy atom. The highest BCUT2D eigenvalue weighted by Gasteiger charge is 2.02. The van der Waals surface area contributed by atoms with Gasteiger partial charge in [-0.2, -0.15) is 0 Å². The van der Waals surface area contributed by atoms with E-state index in [1.54, 1.807) is 18.7 Å². The average Bonchev–Trinajstić information content (AvgIpc) is 2.63. The lowest BCUT2D eigenvalue weighted by atomic mass is 10.4. The number of aryl methyl sites for hydroxylation is 1. The number of anilines is 1. The molecule has 0 amide bonds. The van der Waals surface area contributed by atoms with Crippen LogP contribution in [0.4, 0.5) is 5.69 Å². The summed E-state index contributed by atoms with van der Waals surface area (Å²) >= 11 is 5.94. The van der Waals surface area contributed by atoms with E-state index in [9.17, 15) is 0 Å². The molecule has 0 bridgehead atoms. The summed E-state index contributed by atoms with van der Waals surface area (Å²) in [4.78, 5) is 3.90. The van der Waals surface area contributed by atoms with Gasteiger partial charge in [-0.25, -0.2) is 0 Å². The third-order valence-corrected chi connectivity index (χ3v) is 2.32. The van der Waals surface area contributed by atoms with Crippen molar-refractivity contribution in [1.29, 1.82) is 0 Å². The topological polar surface area (TPSA) is 55.6 Å². The minimum absolute atomic E-state index is 0.584. The molecule has 78 valence electrons. The van der Waals surface area contributed by atoms with Gasteiger partial charge in [0.2, 0.25) is 0 Å². The normalized spacial score (nSPS) is 10.3. The van der Waals surface area contributed by atoms with Gasteiger partial charge in [-0.05, 0) is 6.07 Å². The fourth-order valence-corrected chi connectivity index (χ4v) is 1.35. The fourth-order valence-electron chi connectivity index (χ4n) is 1.16. The molecule has 2 rings (SSSR count). The number of aromatic nitrogens is 4. The van der Waals surface area contributed by atoms with Crippen LogP contribution in [-0.4, -0.2) is 19.7 Å². The first-order valence-corrected chi connectivity index (χ1v) is 4.81. The Labute approximate surface area is 92.1 Å². The van der Waals surface area contributed by atoms with Crippen LogP contribution in [0.1, 0.15) is 5.82 Å². The monoisotopic (exact) mass is 223 g/mol. The zero-order valence-electron chi connectivity index (χ0n) is 8.18. The Balaban J connectivity index is 2.06. The Morgan fingerprint density at radius 3 is 3.07 bits per heavy atom. The second-order valence-electron chi connectivity index (χ2n) is 3.07. The van der Waals surface area contributed by atoms with E-state index in [1.165, 1.54) is 0 Å². The molecule has 0 spiro atoms. The fraction of sp³-hybridized carbons (Fsp3) is 0.222. The third-order valence-electron chi connectivity index (χ3n) is 2.01. The van der Waals surface area contributed by atoms with Crippen LogP contribution in [0.5, 0.6) is 0 Å². The minimum atomic E-state index is 0.584. The summed E-state index contributed by atoms with van der Waals surface area (Å²) in [5.74, 6) is 0.850. The van der Waals surface area contributed by atoms with Crippen molar-refractivity contribution in [3.8, 4) is 0 Å². The Bertz CT molecular complexity index is 453. The molecule has 2 aromatic rings. The number of nitrogens with zero attached hydrogens (tertiary/aromatic N) is 4. The van der Waals surface area contributed by atoms with E-state index in [0.29, 0.717) is 11.6 Å². The average molecular weight is 224 g/mol. The molecule has 0 unspecified atom stereocenters. The van der Waals surface area contributed by atoms with Gasteiger partial charge in [0.25, 0.3) is 0 Å². The van der Waals surface area contributed by atoms with Crippen molar-refractivity contribution in [2.75, 3.05) is 5.32 Å². The number of halogens is 1. The van der Waals surface area contributed by atoms with Crippen LogP contribution in [0, 0.1) is 0 Å². The highest BCUT2D eigenvalue weighted by atomic mass is 35.5. The molecule has 1 N–H and O–H groups in total. The van der Waals surface area contributed by atoms with Crippen molar-refractivity contribution in [3.05, 3.63) is 35.6 Å². The van der Waals surface area contributed by atoms with E-state index in [4.69, 9.17) is 11.6 Å². The lowest BCUT2D eigenvalue weighted by molar-refractivity contribution is 0.812. The molecule has 0 aliphatic rings. The van der Waals surface area contributed by atoms with Crippen molar-refractivity contribution in [3.63, 3.8) is 0 Å². The van der Waals surface area contributed by atoms with Gasteiger partial charge in [0.05, 0.1) is 17.3 Å². The van der Waals surface area contributed by atoms with Crippen molar-refractivity contribution < 1.29 is 0 Å². The first-order valence-electron chi connectivity index (χ1n) is 4.43. The zero-order chi connectivity index (χ0) is 10.7. The summed E-state index contributed by atoms with van der Waals surface area (Å²) in [6, 6.07) is 1.82. The number of nitrogens with one attached hydrogen (secondary N) is 1. The molecular formula is C9H10ClN5. The van der Waals surface area contributed by atoms with Crippen LogP contribution in [0.25, 0.3) is 0 Å². The Hall–Kier alpha value is -1.62. The minimum Gasteiger partial charge on any atom is -0.376 e. The van der Waals surface area contributed by atoms with Gasteiger partial charge in [0, 0.05) is 19.4 Å². The van der Waals surface area contributed by atoms with Crippen molar-refractivity contribution >= 4 is 17.3 Å². The van der Waals surface area contributed by atoms with E-state index in [1.807, 2.05) is 17.7 Å². The van der Waals surface area contributed by atoms with Gasteiger partial charge in [0.15, 0.2) is 5.82 Å². The molecule has 0 saturated heterocycles. The smallest absolute Gasteiger partial charge is 0.151 e. The van der Waals surface area contributed by atoms with Crippen LogP contribution < -0.4 is 5.32 Å². The van der Waals surface area contributed by atoms with Gasteiger partial charge in [-0.15, -0.1) is 10.2 Å². The zero-order valence-corrected chi connectivity index (χ0v) is 8.94. The number of rotatable bonds is 3. The second kappa shape index (κ2) is 4.27. The summed E-state index contributed by atoms with van der Waals surface area (Å²) in [6.07, 6.45) is 4.94. The maximum atomic E-state index is 5.94. The quantitative estimate of drug-likeness (QED) is 0.856. The van der Waals surface area contributed by atoms with Crippen LogP contribution in [0.2, 0.25) is 5.02 Å². The lowest BCUT2D eigenvalue weighted by Gasteiger charge is -2.06. The van der Waals surface area contributed by atoms with E-state index in [2.05, 4.69) is 20.5 Å². The molecule has 0 saturated carbocycles. The second-order valence-corrected chi connectivity index (χ2v) is 3.47. The first kappa shape index (κ1) is 9.92. The molecule has 0 aromatic carbocycles. The van der Waals surface area contributed by atoms with Crippen molar-refractivity contribution in [2.45, 2.75) is 6.54 Å². The molecule has 0 radical (unpaired) electrons. The lowest BCUT2D eigenvalue weighted by Crippen LogP contribution is -2.05. The molecule has 0 fully saturated rings. The van der Waals surface area contributed by atoms with E-state index in [-0.39, 0.29) is 0 Å². The first-order chi connectivity index (χ1) is 7.27. The Kier molecular flexibility index (Phi) is 2.82. The van der Waals surface area contributed by atoms with Crippen LogP contribution in [-0.2, 0) is 13.6 Å². The maximum absolute atomic E-state index is 5.94. The van der Waals surface area contributed by atoms with Crippen molar-refractivity contribution in [2.24, 2.45) is 7.05 Å². The molecule has 2 heterocycles. The third kappa shape index (κ3) is 2.24. The standard InChI is InChI=1S/C9H10ClN5/c1-15-6-13-14-9(15)5-12-8-2-3-11-4-7(8)10/h2-4,6H,5H2,1H3,(H,11,12). The summed E-state index contributed by atoms with van der Waals surface area (Å²) in [6.45, 7) is 0.584. The van der Waals surface area contributed by atoms with E-state index < -0.39 is 0 Å². The predicted octanol–water partition coefficient (Wildman–Crippen LogP) is 1.48. The van der Waals surface area contributed by atoms with Gasteiger partial charge >= 0.3 is 0 Å². The summed E-state index contributed by atoms with van der Waals surface area (Å²) in [7, 11) is 1.89. The predicted molar refractivity (Wildman–Crippen MR) is 57.6 cm³/mol. The molecule has 2 aromatic heterocycles. The van der Waals surface area contributed by atoms with Crippen LogP contribution >= 0.6 is 11.6 Å². The summed E-state index contributed by atoms with van der Waals surface area (Å²) < 4.78 is 1.85.